The van der Waals surface area contributed by atoms with Gasteiger partial charge in [0.15, 0.2) is 0 Å². The van der Waals surface area contributed by atoms with E-state index in [1.165, 1.54) is 12.7 Å². The van der Waals surface area contributed by atoms with Crippen molar-refractivity contribution in [2.75, 3.05) is 5.32 Å². The van der Waals surface area contributed by atoms with Crippen molar-refractivity contribution in [1.82, 2.24) is 14.8 Å². The number of carbonyl (C=O) groups is 2. The highest BCUT2D eigenvalue weighted by molar-refractivity contribution is 6.40. The molecule has 0 saturated carbocycles. The highest BCUT2D eigenvalue weighted by Gasteiger charge is 2.29. The van der Waals surface area contributed by atoms with Crippen molar-refractivity contribution in [3.63, 3.8) is 0 Å². The maximum absolute atomic E-state index is 12.4. The predicted molar refractivity (Wildman–Crippen MR) is 88.9 cm³/mol. The number of nitrogens with zero attached hydrogens (tertiary/aromatic N) is 4. The van der Waals surface area contributed by atoms with Crippen molar-refractivity contribution < 1.29 is 14.4 Å². The van der Waals surface area contributed by atoms with Crippen molar-refractivity contribution in [2.45, 2.75) is 20.8 Å². The second-order valence-corrected chi connectivity index (χ2v) is 6.28. The van der Waals surface area contributed by atoms with Gasteiger partial charge in [-0.3, -0.25) is 14.9 Å². The number of oxime groups is 1. The second-order valence-electron chi connectivity index (χ2n) is 5.84. The van der Waals surface area contributed by atoms with Crippen molar-refractivity contribution in [3.8, 4) is 0 Å². The quantitative estimate of drug-likeness (QED) is 0.397. The van der Waals surface area contributed by atoms with E-state index in [4.69, 9.17) is 16.4 Å². The van der Waals surface area contributed by atoms with E-state index < -0.39 is 11.5 Å². The monoisotopic (exact) mass is 349 g/mol. The summed E-state index contributed by atoms with van der Waals surface area (Å²) < 4.78 is 1.14. The summed E-state index contributed by atoms with van der Waals surface area (Å²) in [7, 11) is 0. The van der Waals surface area contributed by atoms with E-state index in [1.807, 2.05) is 0 Å². The maximum atomic E-state index is 12.4. The molecule has 0 bridgehead atoms. The van der Waals surface area contributed by atoms with Gasteiger partial charge in [-0.05, 0) is 29.4 Å². The molecule has 1 aromatic carbocycles. The van der Waals surface area contributed by atoms with Crippen LogP contribution < -0.4 is 5.32 Å². The molecule has 0 aliphatic heterocycles. The minimum atomic E-state index is -0.850. The molecular weight excluding hydrogens is 334 g/mol. The third-order valence-corrected chi connectivity index (χ3v) is 3.08. The van der Waals surface area contributed by atoms with Crippen molar-refractivity contribution >= 4 is 35.0 Å². The lowest BCUT2D eigenvalue weighted by Crippen LogP contribution is -2.34. The van der Waals surface area contributed by atoms with Crippen LogP contribution >= 0.6 is 11.6 Å². The van der Waals surface area contributed by atoms with Gasteiger partial charge in [0, 0.05) is 16.1 Å². The first kappa shape index (κ1) is 17.6. The van der Waals surface area contributed by atoms with Gasteiger partial charge in [0.25, 0.3) is 0 Å². The molecule has 1 N–H and O–H groups in total. The van der Waals surface area contributed by atoms with Crippen LogP contribution in [0.1, 0.15) is 20.8 Å². The Labute approximate surface area is 143 Å². The number of benzene rings is 1. The van der Waals surface area contributed by atoms with Gasteiger partial charge < -0.3 is 0 Å². The molecule has 0 saturated heterocycles. The van der Waals surface area contributed by atoms with E-state index in [-0.39, 0.29) is 11.6 Å². The van der Waals surface area contributed by atoms with Crippen LogP contribution in [-0.4, -0.2) is 32.5 Å². The molecule has 0 fully saturated rings. The lowest BCUT2D eigenvalue weighted by molar-refractivity contribution is -0.120. The summed E-state index contributed by atoms with van der Waals surface area (Å²) in [5, 5.41) is 10.5. The molecule has 2 rings (SSSR count). The number of amides is 1. The minimum Gasteiger partial charge on any atom is -0.295 e. The number of carbonyl (C=O) groups excluding carboxylic acids is 2. The minimum absolute atomic E-state index is 0.147. The molecule has 24 heavy (non-hydrogen) atoms. The fraction of sp³-hybridized carbons (Fsp3) is 0.267. The van der Waals surface area contributed by atoms with Gasteiger partial charge in [-0.25, -0.2) is 9.78 Å². The molecule has 1 amide bonds. The maximum Gasteiger partial charge on any atom is 0.437 e. The lowest BCUT2D eigenvalue weighted by Gasteiger charge is -2.16. The van der Waals surface area contributed by atoms with E-state index in [2.05, 4.69) is 20.6 Å². The highest BCUT2D eigenvalue weighted by atomic mass is 35.5. The largest absolute Gasteiger partial charge is 0.437 e. The normalized spacial score (nSPS) is 11.9. The van der Waals surface area contributed by atoms with Crippen LogP contribution in [0, 0.1) is 5.41 Å². The summed E-state index contributed by atoms with van der Waals surface area (Å²) >= 11 is 5.77. The molecule has 8 nitrogen and oxygen atoms in total. The number of ketones is 1. The number of nitrogens with one attached hydrogen (secondary N) is 1. The molecule has 0 radical (unpaired) electrons. The van der Waals surface area contributed by atoms with Gasteiger partial charge in [-0.1, -0.05) is 32.4 Å². The van der Waals surface area contributed by atoms with Gasteiger partial charge in [-0.15, -0.1) is 0 Å². The molecule has 0 spiro atoms. The average Bonchev–Trinajstić information content (AvgIpc) is 3.03. The zero-order chi connectivity index (χ0) is 17.7. The molecule has 2 aromatic rings. The molecule has 0 aliphatic rings. The fourth-order valence-electron chi connectivity index (χ4n) is 1.60. The topological polar surface area (TPSA) is 98.5 Å². The number of aromatic nitrogens is 3. The highest BCUT2D eigenvalue weighted by Crippen LogP contribution is 2.16. The Morgan fingerprint density at radius 1 is 1.25 bits per heavy atom. The van der Waals surface area contributed by atoms with Gasteiger partial charge in [0.2, 0.25) is 11.6 Å². The SMILES string of the molecule is CC(C)(C)C(=O)/C(=N\OC(=O)Nc1ccc(Cl)cc1)n1cncn1. The van der Waals surface area contributed by atoms with Crippen LogP contribution in [0.3, 0.4) is 0 Å². The van der Waals surface area contributed by atoms with E-state index in [1.54, 1.807) is 45.0 Å². The van der Waals surface area contributed by atoms with E-state index in [0.717, 1.165) is 4.68 Å². The Bertz CT molecular complexity index is 748. The van der Waals surface area contributed by atoms with Gasteiger partial charge in [0.1, 0.15) is 12.7 Å². The number of rotatable bonds is 3. The molecule has 9 heteroatoms. The number of halogens is 1. The Balaban J connectivity index is 2.14. The molecule has 0 aliphatic carbocycles. The summed E-state index contributed by atoms with van der Waals surface area (Å²) in [4.78, 5) is 32.8. The first-order valence-electron chi connectivity index (χ1n) is 6.99. The van der Waals surface area contributed by atoms with Crippen LogP contribution in [0.15, 0.2) is 42.1 Å². The van der Waals surface area contributed by atoms with Gasteiger partial charge >= 0.3 is 6.09 Å². The number of Topliss-reactive ketones (excluding diaryl/α,β-unsaturated/α-hetero) is 1. The van der Waals surface area contributed by atoms with Crippen LogP contribution in [0.5, 0.6) is 0 Å². The third kappa shape index (κ3) is 4.63. The summed E-state index contributed by atoms with van der Waals surface area (Å²) in [5.41, 5.74) is -0.259. The number of hydrogen-bond donors (Lipinski definition) is 1. The Hall–Kier alpha value is -2.74. The smallest absolute Gasteiger partial charge is 0.295 e. The van der Waals surface area contributed by atoms with E-state index in [9.17, 15) is 9.59 Å². The molecule has 1 heterocycles. The number of hydrogen-bond acceptors (Lipinski definition) is 6. The van der Waals surface area contributed by atoms with Crippen molar-refractivity contribution in [3.05, 3.63) is 41.9 Å². The number of anilines is 1. The second kappa shape index (κ2) is 7.22. The zero-order valence-electron chi connectivity index (χ0n) is 13.4. The summed E-state index contributed by atoms with van der Waals surface area (Å²) in [6.45, 7) is 5.15. The third-order valence-electron chi connectivity index (χ3n) is 2.83. The zero-order valence-corrected chi connectivity index (χ0v) is 14.1. The first-order chi connectivity index (χ1) is 11.3. The standard InChI is InChI=1S/C15H16ClN5O3/c1-15(2,3)12(22)13(21-9-17-8-18-21)20-24-14(23)19-11-6-4-10(16)5-7-11/h4-9H,1-3H3,(H,19,23)/b20-13+. The molecule has 0 atom stereocenters. The summed E-state index contributed by atoms with van der Waals surface area (Å²) in [6, 6.07) is 6.44. The molecular formula is C15H16ClN5O3. The Morgan fingerprint density at radius 2 is 1.92 bits per heavy atom. The van der Waals surface area contributed by atoms with Gasteiger partial charge in [-0.2, -0.15) is 9.78 Å². The van der Waals surface area contributed by atoms with Crippen LogP contribution in [0.25, 0.3) is 0 Å². The lowest BCUT2D eigenvalue weighted by atomic mass is 9.90. The summed E-state index contributed by atoms with van der Waals surface area (Å²) in [6.07, 6.45) is 1.69. The van der Waals surface area contributed by atoms with Crippen LogP contribution in [0.2, 0.25) is 5.02 Å². The Morgan fingerprint density at radius 3 is 2.46 bits per heavy atom. The molecule has 1 aromatic heterocycles. The first-order valence-corrected chi connectivity index (χ1v) is 7.36. The van der Waals surface area contributed by atoms with Crippen LogP contribution in [0.4, 0.5) is 10.5 Å². The molecule has 126 valence electrons. The fourth-order valence-corrected chi connectivity index (χ4v) is 1.72. The van der Waals surface area contributed by atoms with Crippen molar-refractivity contribution in [2.24, 2.45) is 10.6 Å². The van der Waals surface area contributed by atoms with E-state index >= 15 is 0 Å². The predicted octanol–water partition coefficient (Wildman–Crippen LogP) is 2.96. The van der Waals surface area contributed by atoms with Crippen molar-refractivity contribution in [1.29, 1.82) is 0 Å². The molecule has 0 unspecified atom stereocenters. The average molecular weight is 350 g/mol. The van der Waals surface area contributed by atoms with E-state index in [0.29, 0.717) is 10.7 Å². The Kier molecular flexibility index (Phi) is 5.30. The van der Waals surface area contributed by atoms with Crippen LogP contribution in [-0.2, 0) is 9.63 Å². The van der Waals surface area contributed by atoms with Gasteiger partial charge in [0.05, 0.1) is 0 Å². The summed E-state index contributed by atoms with van der Waals surface area (Å²) in [5.74, 6) is -0.501.